The number of aromatic nitrogens is 2. The number of carbonyl (C=O) groups excluding carboxylic acids is 3. The molecule has 27 heavy (non-hydrogen) atoms. The van der Waals surface area contributed by atoms with Gasteiger partial charge in [0.25, 0.3) is 11.8 Å². The smallest absolute Gasteiger partial charge is 0.261 e. The van der Waals surface area contributed by atoms with Crippen LogP contribution in [0.4, 0.5) is 0 Å². The Morgan fingerprint density at radius 2 is 1.74 bits per heavy atom. The monoisotopic (exact) mass is 366 g/mol. The Bertz CT molecular complexity index is 867. The molecule has 1 N–H and O–H groups in total. The molecule has 7 nitrogen and oxygen atoms in total. The van der Waals surface area contributed by atoms with Crippen LogP contribution in [0.5, 0.6) is 0 Å². The fraction of sp³-hybridized carbons (Fsp3) is 0.350. The molecule has 0 aliphatic carbocycles. The zero-order valence-corrected chi connectivity index (χ0v) is 15.7. The average molecular weight is 366 g/mol. The average Bonchev–Trinajstić information content (AvgIpc) is 2.89. The summed E-state index contributed by atoms with van der Waals surface area (Å²) in [5.41, 5.74) is 2.33. The molecule has 0 atom stereocenters. The van der Waals surface area contributed by atoms with Crippen LogP contribution in [0.1, 0.15) is 59.2 Å². The van der Waals surface area contributed by atoms with E-state index in [-0.39, 0.29) is 36.1 Å². The molecular formula is C20H22N4O3. The van der Waals surface area contributed by atoms with Gasteiger partial charge in [0.15, 0.2) is 0 Å². The number of amides is 3. The maximum Gasteiger partial charge on any atom is 0.261 e. The van der Waals surface area contributed by atoms with Crippen molar-refractivity contribution in [1.29, 1.82) is 0 Å². The third kappa shape index (κ3) is 3.86. The molecule has 3 rings (SSSR count). The molecule has 1 aliphatic heterocycles. The third-order valence-corrected chi connectivity index (χ3v) is 4.42. The maximum absolute atomic E-state index is 12.3. The van der Waals surface area contributed by atoms with Gasteiger partial charge in [-0.25, -0.2) is 9.97 Å². The van der Waals surface area contributed by atoms with E-state index in [4.69, 9.17) is 0 Å². The predicted molar refractivity (Wildman–Crippen MR) is 99.0 cm³/mol. The first-order valence-corrected chi connectivity index (χ1v) is 8.80. The number of benzene rings is 1. The molecule has 3 amide bonds. The number of fused-ring (bicyclic) bond motifs is 1. The van der Waals surface area contributed by atoms with E-state index < -0.39 is 0 Å². The molecule has 140 valence electrons. The summed E-state index contributed by atoms with van der Waals surface area (Å²) in [6.45, 7) is 6.48. The molecular weight excluding hydrogens is 344 g/mol. The highest BCUT2D eigenvalue weighted by atomic mass is 16.2. The first-order valence-electron chi connectivity index (χ1n) is 8.80. The molecule has 2 heterocycles. The highest BCUT2D eigenvalue weighted by Crippen LogP contribution is 2.23. The van der Waals surface area contributed by atoms with Crippen LogP contribution in [-0.2, 0) is 16.8 Å². The van der Waals surface area contributed by atoms with Crippen molar-refractivity contribution in [3.05, 3.63) is 59.2 Å². The Hall–Kier alpha value is -3.09. The molecule has 0 bridgehead atoms. The summed E-state index contributed by atoms with van der Waals surface area (Å²) in [7, 11) is 0. The Balaban J connectivity index is 1.58. The molecule has 7 heteroatoms. The molecule has 0 spiro atoms. The van der Waals surface area contributed by atoms with Gasteiger partial charge in [-0.15, -0.1) is 0 Å². The van der Waals surface area contributed by atoms with E-state index in [0.29, 0.717) is 17.7 Å². The summed E-state index contributed by atoms with van der Waals surface area (Å²) in [4.78, 5) is 46.3. The molecule has 1 aromatic carbocycles. The van der Waals surface area contributed by atoms with Gasteiger partial charge in [0.05, 0.1) is 16.8 Å². The standard InChI is InChI=1S/C20H22N4O3/c1-20(2,3)17-13(10-21-12-23-17)11-22-16(25)8-9-24-18(26)14-6-4-5-7-15(14)19(24)27/h4-7,10,12H,8-9,11H2,1-3H3,(H,22,25). The lowest BCUT2D eigenvalue weighted by atomic mass is 9.89. The second kappa shape index (κ2) is 7.26. The second-order valence-corrected chi connectivity index (χ2v) is 7.48. The van der Waals surface area contributed by atoms with Gasteiger partial charge in [0.1, 0.15) is 6.33 Å². The molecule has 2 aromatic rings. The van der Waals surface area contributed by atoms with Gasteiger partial charge in [0.2, 0.25) is 5.91 Å². The minimum atomic E-state index is -0.352. The van der Waals surface area contributed by atoms with E-state index in [1.807, 2.05) is 20.8 Å². The summed E-state index contributed by atoms with van der Waals surface area (Å²) in [6.07, 6.45) is 3.23. The van der Waals surface area contributed by atoms with Crippen LogP contribution in [-0.4, -0.2) is 39.1 Å². The van der Waals surface area contributed by atoms with Crippen molar-refractivity contribution >= 4 is 17.7 Å². The summed E-state index contributed by atoms with van der Waals surface area (Å²) in [5, 5.41) is 2.82. The summed E-state index contributed by atoms with van der Waals surface area (Å²) < 4.78 is 0. The fourth-order valence-electron chi connectivity index (χ4n) is 3.10. The lowest BCUT2D eigenvalue weighted by Gasteiger charge is -2.21. The minimum absolute atomic E-state index is 0.0456. The summed E-state index contributed by atoms with van der Waals surface area (Å²) in [5.74, 6) is -0.944. The lowest BCUT2D eigenvalue weighted by molar-refractivity contribution is -0.121. The van der Waals surface area contributed by atoms with Gasteiger partial charge in [-0.1, -0.05) is 32.9 Å². The van der Waals surface area contributed by atoms with Crippen molar-refractivity contribution in [2.45, 2.75) is 39.2 Å². The first-order chi connectivity index (χ1) is 12.8. The van der Waals surface area contributed by atoms with Crippen molar-refractivity contribution in [2.75, 3.05) is 6.54 Å². The van der Waals surface area contributed by atoms with Gasteiger partial charge in [-0.05, 0) is 12.1 Å². The number of rotatable bonds is 5. The van der Waals surface area contributed by atoms with Crippen LogP contribution in [0.3, 0.4) is 0 Å². The van der Waals surface area contributed by atoms with Crippen molar-refractivity contribution in [1.82, 2.24) is 20.2 Å². The normalized spacial score (nSPS) is 13.7. The zero-order valence-electron chi connectivity index (χ0n) is 15.7. The van der Waals surface area contributed by atoms with E-state index in [0.717, 1.165) is 16.2 Å². The van der Waals surface area contributed by atoms with Crippen LogP contribution in [0.2, 0.25) is 0 Å². The molecule has 0 saturated carbocycles. The van der Waals surface area contributed by atoms with Crippen LogP contribution in [0.15, 0.2) is 36.8 Å². The Labute approximate surface area is 157 Å². The second-order valence-electron chi connectivity index (χ2n) is 7.48. The van der Waals surface area contributed by atoms with Crippen molar-refractivity contribution in [3.63, 3.8) is 0 Å². The first kappa shape index (κ1) is 18.7. The van der Waals surface area contributed by atoms with Crippen LogP contribution < -0.4 is 5.32 Å². The van der Waals surface area contributed by atoms with Crippen molar-refractivity contribution in [2.24, 2.45) is 0 Å². The predicted octanol–water partition coefficient (Wildman–Crippen LogP) is 2.08. The molecule has 1 aromatic heterocycles. The minimum Gasteiger partial charge on any atom is -0.352 e. The van der Waals surface area contributed by atoms with E-state index in [2.05, 4.69) is 15.3 Å². The van der Waals surface area contributed by atoms with Gasteiger partial charge in [-0.3, -0.25) is 19.3 Å². The number of nitrogens with zero attached hydrogens (tertiary/aromatic N) is 3. The number of carbonyl (C=O) groups is 3. The Morgan fingerprint density at radius 3 is 2.33 bits per heavy atom. The van der Waals surface area contributed by atoms with Gasteiger partial charge < -0.3 is 5.32 Å². The van der Waals surface area contributed by atoms with Crippen LogP contribution in [0, 0.1) is 0 Å². The van der Waals surface area contributed by atoms with E-state index in [1.165, 1.54) is 6.33 Å². The summed E-state index contributed by atoms with van der Waals surface area (Å²) >= 11 is 0. The van der Waals surface area contributed by atoms with Crippen molar-refractivity contribution < 1.29 is 14.4 Å². The largest absolute Gasteiger partial charge is 0.352 e. The van der Waals surface area contributed by atoms with Gasteiger partial charge >= 0.3 is 0 Å². The molecule has 0 saturated heterocycles. The van der Waals surface area contributed by atoms with Crippen LogP contribution in [0.25, 0.3) is 0 Å². The van der Waals surface area contributed by atoms with Gasteiger partial charge in [0, 0.05) is 36.7 Å². The van der Waals surface area contributed by atoms with Gasteiger partial charge in [-0.2, -0.15) is 0 Å². The number of hydrogen-bond donors (Lipinski definition) is 1. The molecule has 0 radical (unpaired) electrons. The maximum atomic E-state index is 12.3. The Morgan fingerprint density at radius 1 is 1.11 bits per heavy atom. The van der Waals surface area contributed by atoms with Crippen molar-refractivity contribution in [3.8, 4) is 0 Å². The quantitative estimate of drug-likeness (QED) is 0.818. The number of nitrogens with one attached hydrogen (secondary N) is 1. The van der Waals surface area contributed by atoms with E-state index in [9.17, 15) is 14.4 Å². The highest BCUT2D eigenvalue weighted by molar-refractivity contribution is 6.21. The van der Waals surface area contributed by atoms with E-state index in [1.54, 1.807) is 30.5 Å². The third-order valence-electron chi connectivity index (χ3n) is 4.42. The molecule has 1 aliphatic rings. The summed E-state index contributed by atoms with van der Waals surface area (Å²) in [6, 6.07) is 6.68. The van der Waals surface area contributed by atoms with E-state index >= 15 is 0 Å². The SMILES string of the molecule is CC(C)(C)c1ncncc1CNC(=O)CCN1C(=O)c2ccccc2C1=O. The molecule has 0 fully saturated rings. The number of hydrogen-bond acceptors (Lipinski definition) is 5. The topological polar surface area (TPSA) is 92.3 Å². The molecule has 0 unspecified atom stereocenters. The Kier molecular flexibility index (Phi) is 5.03. The lowest BCUT2D eigenvalue weighted by Crippen LogP contribution is -2.34. The van der Waals surface area contributed by atoms with Crippen LogP contribution >= 0.6 is 0 Å². The fourth-order valence-corrected chi connectivity index (χ4v) is 3.10. The zero-order chi connectivity index (χ0) is 19.6. The highest BCUT2D eigenvalue weighted by Gasteiger charge is 2.34. The number of imide groups is 1.